The van der Waals surface area contributed by atoms with Gasteiger partial charge in [0.15, 0.2) is 0 Å². The van der Waals surface area contributed by atoms with Crippen LogP contribution in [0.15, 0.2) is 18.2 Å². The van der Waals surface area contributed by atoms with E-state index in [4.69, 9.17) is 5.26 Å². The Bertz CT molecular complexity index is 1130. The molecule has 3 aliphatic heterocycles. The van der Waals surface area contributed by atoms with Gasteiger partial charge in [-0.3, -0.25) is 9.59 Å². The van der Waals surface area contributed by atoms with Gasteiger partial charge < -0.3 is 10.2 Å². The maximum atomic E-state index is 14.0. The highest BCUT2D eigenvalue weighted by Gasteiger charge is 2.44. The largest absolute Gasteiger partial charge is 0.348 e. The van der Waals surface area contributed by atoms with Crippen LogP contribution in [0, 0.1) is 35.9 Å². The van der Waals surface area contributed by atoms with E-state index in [1.165, 1.54) is 14.7 Å². The van der Waals surface area contributed by atoms with Gasteiger partial charge in [0.2, 0.25) is 11.8 Å². The number of amides is 2. The van der Waals surface area contributed by atoms with E-state index in [9.17, 15) is 22.4 Å². The summed E-state index contributed by atoms with van der Waals surface area (Å²) < 4.78 is 42.4. The van der Waals surface area contributed by atoms with E-state index in [0.29, 0.717) is 49.9 Å². The van der Waals surface area contributed by atoms with Crippen molar-refractivity contribution in [1.82, 2.24) is 18.8 Å². The Morgan fingerprint density at radius 3 is 2.54 bits per heavy atom. The lowest BCUT2D eigenvalue weighted by atomic mass is 9.97. The molecule has 3 aliphatic rings. The molecule has 35 heavy (non-hydrogen) atoms. The molecule has 0 saturated carbocycles. The number of benzene rings is 1. The Balaban J connectivity index is 1.39. The molecule has 1 aromatic carbocycles. The van der Waals surface area contributed by atoms with Gasteiger partial charge in [-0.25, -0.2) is 4.39 Å². The number of carbonyl (C=O) groups is 2. The first-order valence-electron chi connectivity index (χ1n) is 12.1. The lowest BCUT2D eigenvalue weighted by Gasteiger charge is -2.41. The third kappa shape index (κ3) is 5.20. The molecule has 190 valence electrons. The number of halogens is 1. The average Bonchev–Trinajstić information content (AvgIpc) is 3.29. The lowest BCUT2D eigenvalue weighted by Crippen LogP contribution is -2.57. The second-order valence-corrected chi connectivity index (χ2v) is 11.7. The van der Waals surface area contributed by atoms with Crippen LogP contribution in [0.1, 0.15) is 49.8 Å². The highest BCUT2D eigenvalue weighted by Crippen LogP contribution is 2.29. The van der Waals surface area contributed by atoms with Crippen LogP contribution in [0.5, 0.6) is 0 Å². The quantitative estimate of drug-likeness (QED) is 0.632. The van der Waals surface area contributed by atoms with Crippen molar-refractivity contribution in [2.75, 3.05) is 32.7 Å². The van der Waals surface area contributed by atoms with Crippen LogP contribution in [0.2, 0.25) is 0 Å². The van der Waals surface area contributed by atoms with Gasteiger partial charge in [0.1, 0.15) is 11.9 Å². The van der Waals surface area contributed by atoms with Gasteiger partial charge in [-0.05, 0) is 56.7 Å². The molecule has 1 aromatic rings. The summed E-state index contributed by atoms with van der Waals surface area (Å²) in [7, 11) is -3.71. The van der Waals surface area contributed by atoms with Gasteiger partial charge in [-0.1, -0.05) is 12.1 Å². The van der Waals surface area contributed by atoms with Crippen LogP contribution >= 0.6 is 0 Å². The highest BCUT2D eigenvalue weighted by molar-refractivity contribution is 7.86. The molecule has 1 unspecified atom stereocenters. The Morgan fingerprint density at radius 1 is 1.14 bits per heavy atom. The second-order valence-electron chi connectivity index (χ2n) is 9.78. The number of carbonyl (C=O) groups excluding carboxylic acids is 2. The van der Waals surface area contributed by atoms with E-state index in [1.54, 1.807) is 30.9 Å². The minimum absolute atomic E-state index is 0.0821. The molecular formula is C24H32FN5O4S. The van der Waals surface area contributed by atoms with E-state index in [0.717, 1.165) is 0 Å². The summed E-state index contributed by atoms with van der Waals surface area (Å²) in [5.41, 5.74) is 1.18. The van der Waals surface area contributed by atoms with E-state index >= 15 is 0 Å². The molecule has 1 N–H and O–H groups in total. The van der Waals surface area contributed by atoms with Crippen molar-refractivity contribution >= 4 is 22.0 Å². The Labute approximate surface area is 206 Å². The number of rotatable bonds is 6. The van der Waals surface area contributed by atoms with E-state index in [-0.39, 0.29) is 43.2 Å². The predicted octanol–water partition coefficient (Wildman–Crippen LogP) is 1.71. The van der Waals surface area contributed by atoms with Gasteiger partial charge in [0.05, 0.1) is 23.9 Å². The number of likely N-dealkylation sites (tertiary alicyclic amines) is 1. The molecule has 3 atom stereocenters. The van der Waals surface area contributed by atoms with Crippen LogP contribution < -0.4 is 5.32 Å². The van der Waals surface area contributed by atoms with Crippen LogP contribution in [0.25, 0.3) is 0 Å². The summed E-state index contributed by atoms with van der Waals surface area (Å²) in [6, 6.07) is 5.88. The van der Waals surface area contributed by atoms with Crippen molar-refractivity contribution in [2.24, 2.45) is 11.8 Å². The molecule has 11 heteroatoms. The normalized spacial score (nSPS) is 25.0. The van der Waals surface area contributed by atoms with E-state index in [1.807, 2.05) is 0 Å². The van der Waals surface area contributed by atoms with Crippen LogP contribution in [0.3, 0.4) is 0 Å². The van der Waals surface area contributed by atoms with E-state index in [2.05, 4.69) is 11.4 Å². The fourth-order valence-corrected chi connectivity index (χ4v) is 6.83. The summed E-state index contributed by atoms with van der Waals surface area (Å²) in [6.45, 7) is 4.70. The fraction of sp³-hybridized carbons (Fsp3) is 0.625. The van der Waals surface area contributed by atoms with Gasteiger partial charge in [0, 0.05) is 32.7 Å². The topological polar surface area (TPSA) is 114 Å². The maximum absolute atomic E-state index is 14.0. The number of nitrogens with one attached hydrogen (secondary N) is 1. The summed E-state index contributed by atoms with van der Waals surface area (Å²) in [5, 5.41) is 11.9. The first-order valence-corrected chi connectivity index (χ1v) is 13.5. The summed E-state index contributed by atoms with van der Waals surface area (Å²) in [5.74, 6) is -1.61. The molecule has 0 aliphatic carbocycles. The molecule has 3 saturated heterocycles. The number of piperidine rings is 1. The number of nitrogens with zero attached hydrogens (tertiary/aromatic N) is 4. The van der Waals surface area contributed by atoms with Gasteiger partial charge in [-0.15, -0.1) is 0 Å². The second kappa shape index (κ2) is 10.2. The Hall–Kier alpha value is -2.55. The third-order valence-electron chi connectivity index (χ3n) is 7.31. The smallest absolute Gasteiger partial charge is 0.282 e. The van der Waals surface area contributed by atoms with Crippen molar-refractivity contribution < 1.29 is 22.4 Å². The number of nitriles is 1. The standard InChI is InChI=1S/C24H32FN5O4S/c1-16-7-8-19(11-21(16)25)17(2)27-23(31)22-6-4-10-30(22)24(32)20-5-3-9-28(15-20)35(33,34)29-13-18(12-26)14-29/h7-8,11,17-18,20,22H,3-6,9-10,13-15H2,1-2H3,(H,27,31)/t17?,20-,22+/m0/s1. The molecule has 2 amide bonds. The van der Waals surface area contributed by atoms with Crippen LogP contribution in [-0.2, 0) is 19.8 Å². The summed E-state index contributed by atoms with van der Waals surface area (Å²) in [4.78, 5) is 28.0. The number of hydrogen-bond donors (Lipinski definition) is 1. The maximum Gasteiger partial charge on any atom is 0.282 e. The summed E-state index contributed by atoms with van der Waals surface area (Å²) in [6.07, 6.45) is 2.35. The van der Waals surface area contributed by atoms with Crippen molar-refractivity contribution in [1.29, 1.82) is 5.26 Å². The van der Waals surface area contributed by atoms with Gasteiger partial charge in [0.25, 0.3) is 10.2 Å². The fourth-order valence-electron chi connectivity index (χ4n) is 5.03. The molecule has 0 radical (unpaired) electrons. The highest BCUT2D eigenvalue weighted by atomic mass is 32.2. The zero-order chi connectivity index (χ0) is 25.3. The van der Waals surface area contributed by atoms with Crippen molar-refractivity contribution in [2.45, 2.75) is 51.6 Å². The first kappa shape index (κ1) is 25.5. The molecule has 4 rings (SSSR count). The number of hydrogen-bond acceptors (Lipinski definition) is 5. The Kier molecular flexibility index (Phi) is 7.45. The van der Waals surface area contributed by atoms with Crippen molar-refractivity contribution in [3.05, 3.63) is 35.1 Å². The molecule has 9 nitrogen and oxygen atoms in total. The molecule has 0 bridgehead atoms. The average molecular weight is 506 g/mol. The molecule has 3 heterocycles. The minimum atomic E-state index is -3.71. The third-order valence-corrected chi connectivity index (χ3v) is 9.24. The summed E-state index contributed by atoms with van der Waals surface area (Å²) >= 11 is 0. The first-order chi connectivity index (χ1) is 16.6. The predicted molar refractivity (Wildman–Crippen MR) is 126 cm³/mol. The van der Waals surface area contributed by atoms with Crippen LogP contribution in [0.4, 0.5) is 4.39 Å². The van der Waals surface area contributed by atoms with Crippen LogP contribution in [-0.4, -0.2) is 72.5 Å². The molecular weight excluding hydrogens is 473 g/mol. The lowest BCUT2D eigenvalue weighted by molar-refractivity contribution is -0.142. The number of aryl methyl sites for hydroxylation is 1. The monoisotopic (exact) mass is 505 g/mol. The van der Waals surface area contributed by atoms with E-state index < -0.39 is 28.2 Å². The van der Waals surface area contributed by atoms with Crippen molar-refractivity contribution in [3.63, 3.8) is 0 Å². The zero-order valence-electron chi connectivity index (χ0n) is 20.1. The SMILES string of the molecule is Cc1ccc(C(C)NC(=O)[C@H]2CCCN2C(=O)[C@H]2CCCN(S(=O)(=O)N3CC(C#N)C3)C2)cc1F. The molecule has 0 spiro atoms. The van der Waals surface area contributed by atoms with Gasteiger partial charge in [-0.2, -0.15) is 22.3 Å². The minimum Gasteiger partial charge on any atom is -0.348 e. The Morgan fingerprint density at radius 2 is 1.86 bits per heavy atom. The zero-order valence-corrected chi connectivity index (χ0v) is 20.9. The van der Waals surface area contributed by atoms with Gasteiger partial charge >= 0.3 is 0 Å². The molecule has 3 fully saturated rings. The van der Waals surface area contributed by atoms with Crippen molar-refractivity contribution in [3.8, 4) is 6.07 Å². The molecule has 0 aromatic heterocycles.